The van der Waals surface area contributed by atoms with Gasteiger partial charge in [-0.3, -0.25) is 0 Å². The minimum Gasteiger partial charge on any atom is -0.476 e. The normalized spacial score (nSPS) is 15.8. The van der Waals surface area contributed by atoms with Gasteiger partial charge in [-0.05, 0) is 36.5 Å². The summed E-state index contributed by atoms with van der Waals surface area (Å²) in [7, 11) is 0. The zero-order chi connectivity index (χ0) is 14.7. The molecule has 1 aliphatic carbocycles. The second-order valence-corrected chi connectivity index (χ2v) is 5.30. The number of aromatic nitrogens is 3. The molecular formula is C15H17N3O3. The Morgan fingerprint density at radius 3 is 2.57 bits per heavy atom. The van der Waals surface area contributed by atoms with Crippen LogP contribution in [0.3, 0.4) is 0 Å². The van der Waals surface area contributed by atoms with Gasteiger partial charge in [-0.25, -0.2) is 9.89 Å². The van der Waals surface area contributed by atoms with Gasteiger partial charge in [-0.15, -0.1) is 5.10 Å². The van der Waals surface area contributed by atoms with E-state index in [1.807, 2.05) is 12.1 Å². The Bertz CT molecular complexity index is 615. The number of hydrogen-bond donors (Lipinski definition) is 2. The van der Waals surface area contributed by atoms with Crippen molar-refractivity contribution in [1.82, 2.24) is 15.4 Å². The average Bonchev–Trinajstić information content (AvgIpc) is 2.97. The molecule has 0 atom stereocenters. The predicted octanol–water partition coefficient (Wildman–Crippen LogP) is 3.34. The highest BCUT2D eigenvalue weighted by atomic mass is 16.5. The van der Waals surface area contributed by atoms with Crippen LogP contribution < -0.4 is 4.74 Å². The molecule has 0 spiro atoms. The van der Waals surface area contributed by atoms with Crippen molar-refractivity contribution in [3.8, 4) is 11.6 Å². The highest BCUT2D eigenvalue weighted by Crippen LogP contribution is 2.33. The van der Waals surface area contributed by atoms with Crippen LogP contribution in [0.5, 0.6) is 11.6 Å². The van der Waals surface area contributed by atoms with Gasteiger partial charge in [0, 0.05) is 0 Å². The summed E-state index contributed by atoms with van der Waals surface area (Å²) >= 11 is 0. The number of H-pyrrole nitrogens is 1. The number of carboxylic acid groups (broad SMARTS) is 1. The number of nitrogens with zero attached hydrogens (tertiary/aromatic N) is 2. The summed E-state index contributed by atoms with van der Waals surface area (Å²) < 4.78 is 5.49. The van der Waals surface area contributed by atoms with Gasteiger partial charge < -0.3 is 9.84 Å². The Hall–Kier alpha value is -2.37. The van der Waals surface area contributed by atoms with Crippen LogP contribution in [0.1, 0.15) is 54.1 Å². The third kappa shape index (κ3) is 3.04. The number of aromatic amines is 1. The van der Waals surface area contributed by atoms with Gasteiger partial charge in [-0.1, -0.05) is 36.6 Å². The maximum atomic E-state index is 10.9. The molecule has 1 aliphatic rings. The number of benzene rings is 1. The zero-order valence-electron chi connectivity index (χ0n) is 11.6. The molecule has 6 heteroatoms. The molecule has 0 aliphatic heterocycles. The molecule has 0 unspecified atom stereocenters. The van der Waals surface area contributed by atoms with Crippen molar-refractivity contribution >= 4 is 5.97 Å². The minimum atomic E-state index is -1.17. The van der Waals surface area contributed by atoms with E-state index in [0.717, 1.165) is 0 Å². The second kappa shape index (κ2) is 5.95. The largest absolute Gasteiger partial charge is 0.476 e. The summed E-state index contributed by atoms with van der Waals surface area (Å²) in [6, 6.07) is 7.82. The number of carboxylic acids is 1. The van der Waals surface area contributed by atoms with Crippen LogP contribution in [-0.2, 0) is 0 Å². The number of hydrogen-bond acceptors (Lipinski definition) is 4. The third-order valence-corrected chi connectivity index (χ3v) is 3.90. The standard InChI is InChI=1S/C15H17N3O3/c19-15(20)13-14(17-18-16-13)21-12-8-6-11(7-9-12)10-4-2-1-3-5-10/h6-10H,1-5H2,(H,19,20)(H,16,17,18). The van der Waals surface area contributed by atoms with E-state index in [2.05, 4.69) is 27.5 Å². The molecule has 1 fully saturated rings. The monoisotopic (exact) mass is 287 g/mol. The van der Waals surface area contributed by atoms with Gasteiger partial charge in [-0.2, -0.15) is 0 Å². The van der Waals surface area contributed by atoms with Crippen molar-refractivity contribution in [2.45, 2.75) is 38.0 Å². The van der Waals surface area contributed by atoms with E-state index in [1.165, 1.54) is 37.7 Å². The number of carbonyl (C=O) groups is 1. The Morgan fingerprint density at radius 1 is 1.19 bits per heavy atom. The fourth-order valence-corrected chi connectivity index (χ4v) is 2.79. The Morgan fingerprint density at radius 2 is 1.90 bits per heavy atom. The first-order valence-corrected chi connectivity index (χ1v) is 7.16. The molecule has 6 nitrogen and oxygen atoms in total. The predicted molar refractivity (Wildman–Crippen MR) is 75.7 cm³/mol. The SMILES string of the molecule is O=C(O)c1nn[nH]c1Oc1ccc(C2CCCCC2)cc1. The maximum absolute atomic E-state index is 10.9. The molecule has 1 heterocycles. The van der Waals surface area contributed by atoms with Gasteiger partial charge >= 0.3 is 5.97 Å². The zero-order valence-corrected chi connectivity index (χ0v) is 11.6. The highest BCUT2D eigenvalue weighted by Gasteiger charge is 2.18. The van der Waals surface area contributed by atoms with Crippen molar-refractivity contribution in [1.29, 1.82) is 0 Å². The quantitative estimate of drug-likeness (QED) is 0.900. The van der Waals surface area contributed by atoms with Crippen molar-refractivity contribution in [3.05, 3.63) is 35.5 Å². The van der Waals surface area contributed by atoms with Crippen LogP contribution >= 0.6 is 0 Å². The van der Waals surface area contributed by atoms with Crippen molar-refractivity contribution < 1.29 is 14.6 Å². The lowest BCUT2D eigenvalue weighted by atomic mass is 9.84. The molecule has 1 saturated carbocycles. The third-order valence-electron chi connectivity index (χ3n) is 3.90. The van der Waals surface area contributed by atoms with Crippen LogP contribution in [0.15, 0.2) is 24.3 Å². The van der Waals surface area contributed by atoms with E-state index in [4.69, 9.17) is 9.84 Å². The first-order chi connectivity index (χ1) is 10.2. The summed E-state index contributed by atoms with van der Waals surface area (Å²) in [5, 5.41) is 18.3. The highest BCUT2D eigenvalue weighted by molar-refractivity contribution is 5.87. The van der Waals surface area contributed by atoms with Crippen LogP contribution in [-0.4, -0.2) is 26.5 Å². The van der Waals surface area contributed by atoms with Gasteiger partial charge in [0.1, 0.15) is 5.75 Å². The lowest BCUT2D eigenvalue weighted by Crippen LogP contribution is -2.04. The smallest absolute Gasteiger partial charge is 0.362 e. The fraction of sp³-hybridized carbons (Fsp3) is 0.400. The Kier molecular flexibility index (Phi) is 3.85. The Labute approximate surface area is 122 Å². The van der Waals surface area contributed by atoms with Crippen LogP contribution in [0, 0.1) is 0 Å². The lowest BCUT2D eigenvalue weighted by molar-refractivity contribution is 0.0687. The fourth-order valence-electron chi connectivity index (χ4n) is 2.79. The molecule has 0 radical (unpaired) electrons. The summed E-state index contributed by atoms with van der Waals surface area (Å²) in [6.45, 7) is 0. The topological polar surface area (TPSA) is 88.1 Å². The van der Waals surface area contributed by atoms with Crippen LogP contribution in [0.4, 0.5) is 0 Å². The average molecular weight is 287 g/mol. The van der Waals surface area contributed by atoms with Crippen molar-refractivity contribution in [2.24, 2.45) is 0 Å². The first kappa shape index (κ1) is 13.6. The van der Waals surface area contributed by atoms with E-state index in [-0.39, 0.29) is 11.6 Å². The molecule has 0 amide bonds. The molecule has 1 aromatic heterocycles. The molecule has 0 saturated heterocycles. The summed E-state index contributed by atoms with van der Waals surface area (Å²) in [5.41, 5.74) is 1.11. The summed E-state index contributed by atoms with van der Waals surface area (Å²) in [4.78, 5) is 10.9. The molecule has 2 aromatic rings. The van der Waals surface area contributed by atoms with Crippen molar-refractivity contribution in [3.63, 3.8) is 0 Å². The van der Waals surface area contributed by atoms with Gasteiger partial charge in [0.25, 0.3) is 5.88 Å². The molecule has 0 bridgehead atoms. The number of rotatable bonds is 4. The second-order valence-electron chi connectivity index (χ2n) is 5.30. The number of aromatic carboxylic acids is 1. The van der Waals surface area contributed by atoms with Crippen LogP contribution in [0.2, 0.25) is 0 Å². The van der Waals surface area contributed by atoms with Gasteiger partial charge in [0.15, 0.2) is 0 Å². The molecule has 2 N–H and O–H groups in total. The van der Waals surface area contributed by atoms with E-state index >= 15 is 0 Å². The summed E-state index contributed by atoms with van der Waals surface area (Å²) in [6.07, 6.45) is 6.42. The number of ether oxygens (including phenoxy) is 1. The molecule has 3 rings (SSSR count). The first-order valence-electron chi connectivity index (χ1n) is 7.16. The maximum Gasteiger partial charge on any atom is 0.362 e. The molecular weight excluding hydrogens is 270 g/mol. The van der Waals surface area contributed by atoms with Gasteiger partial charge in [0.05, 0.1) is 0 Å². The van der Waals surface area contributed by atoms with E-state index in [0.29, 0.717) is 11.7 Å². The molecule has 21 heavy (non-hydrogen) atoms. The lowest BCUT2D eigenvalue weighted by Gasteiger charge is -2.22. The van der Waals surface area contributed by atoms with Crippen molar-refractivity contribution in [2.75, 3.05) is 0 Å². The van der Waals surface area contributed by atoms with Crippen LogP contribution in [0.25, 0.3) is 0 Å². The number of nitrogens with one attached hydrogen (secondary N) is 1. The summed E-state index contributed by atoms with van der Waals surface area (Å²) in [5.74, 6) is 0.0878. The van der Waals surface area contributed by atoms with E-state index in [1.54, 1.807) is 0 Å². The molecule has 1 aromatic carbocycles. The minimum absolute atomic E-state index is 0.0490. The molecule has 110 valence electrons. The van der Waals surface area contributed by atoms with Gasteiger partial charge in [0.2, 0.25) is 5.69 Å². The van der Waals surface area contributed by atoms with E-state index < -0.39 is 5.97 Å². The Balaban J connectivity index is 1.72. The van der Waals surface area contributed by atoms with E-state index in [9.17, 15) is 4.79 Å².